The minimum absolute atomic E-state index is 0.165. The molecule has 0 N–H and O–H groups in total. The number of thioether (sulfide) groups is 2. The van der Waals surface area contributed by atoms with Crippen molar-refractivity contribution in [3.05, 3.63) is 136 Å². The van der Waals surface area contributed by atoms with Crippen LogP contribution < -0.4 is 9.91 Å². The highest BCUT2D eigenvalue weighted by Gasteiger charge is 2.60. The maximum atomic E-state index is 14.2. The lowest BCUT2D eigenvalue weighted by molar-refractivity contribution is -0.114. The molecule has 6 rings (SSSR count). The van der Waals surface area contributed by atoms with Gasteiger partial charge in [-0.2, -0.15) is 5.10 Å². The topological polar surface area (TPSA) is 53.0 Å². The van der Waals surface area contributed by atoms with Gasteiger partial charge in [0.25, 0.3) is 5.91 Å². The fourth-order valence-electron chi connectivity index (χ4n) is 4.39. The van der Waals surface area contributed by atoms with Crippen LogP contribution in [0.25, 0.3) is 6.08 Å². The van der Waals surface area contributed by atoms with Gasteiger partial charge in [0.15, 0.2) is 5.04 Å². The number of benzene rings is 4. The number of anilines is 2. The number of Topliss-reactive ketones (excluding diaryl/α,β-unsaturated/α-hetero) is 1. The Labute approximate surface area is 240 Å². The molecule has 0 unspecified atom stereocenters. The molecule has 4 aromatic carbocycles. The molecule has 4 aromatic rings. The summed E-state index contributed by atoms with van der Waals surface area (Å²) in [7, 11) is 0. The Bertz CT molecular complexity index is 1610. The molecule has 1 spiro atoms. The van der Waals surface area contributed by atoms with Crippen LogP contribution in [0.15, 0.2) is 119 Å². The monoisotopic (exact) mass is 567 g/mol. The van der Waals surface area contributed by atoms with Crippen molar-refractivity contribution < 1.29 is 9.59 Å². The third kappa shape index (κ3) is 4.78. The zero-order valence-electron chi connectivity index (χ0n) is 20.8. The molecule has 0 aromatic heterocycles. The lowest BCUT2D eigenvalue weighted by Gasteiger charge is -2.38. The number of hydrogen-bond acceptors (Lipinski definition) is 6. The minimum atomic E-state index is -1.11. The maximum Gasteiger partial charge on any atom is 0.268 e. The van der Waals surface area contributed by atoms with Crippen molar-refractivity contribution in [1.82, 2.24) is 0 Å². The number of hydrogen-bond donors (Lipinski definition) is 0. The molecular weight excluding hydrogens is 546 g/mol. The number of carbonyl (C=O) groups is 2. The van der Waals surface area contributed by atoms with Crippen molar-refractivity contribution in [3.8, 4) is 0 Å². The molecule has 0 saturated carbocycles. The van der Waals surface area contributed by atoms with Crippen molar-refractivity contribution in [2.45, 2.75) is 11.3 Å². The normalized spacial score (nSPS) is 19.7. The van der Waals surface area contributed by atoms with E-state index < -0.39 is 4.33 Å². The summed E-state index contributed by atoms with van der Waals surface area (Å²) in [5, 5.41) is 7.48. The Morgan fingerprint density at radius 1 is 0.821 bits per heavy atom. The van der Waals surface area contributed by atoms with Crippen LogP contribution in [-0.2, 0) is 4.79 Å². The van der Waals surface area contributed by atoms with Gasteiger partial charge in [-0.1, -0.05) is 102 Å². The Balaban J connectivity index is 1.51. The molecule has 1 atom stereocenters. The highest BCUT2D eigenvalue weighted by atomic mass is 35.5. The second-order valence-corrected chi connectivity index (χ2v) is 12.1. The van der Waals surface area contributed by atoms with E-state index in [0.29, 0.717) is 31.9 Å². The zero-order chi connectivity index (χ0) is 27.0. The van der Waals surface area contributed by atoms with Crippen LogP contribution in [0, 0.1) is 6.92 Å². The number of carbonyl (C=O) groups excluding carboxylic acids is 2. The first-order valence-electron chi connectivity index (χ1n) is 12.2. The van der Waals surface area contributed by atoms with Crippen molar-refractivity contribution in [2.24, 2.45) is 5.10 Å². The highest BCUT2D eigenvalue weighted by molar-refractivity contribution is 8.29. The molecule has 2 aliphatic heterocycles. The molecule has 192 valence electrons. The largest absolute Gasteiger partial charge is 0.286 e. The fourth-order valence-corrected chi connectivity index (χ4v) is 7.46. The number of halogens is 1. The first kappa shape index (κ1) is 25.5. The molecule has 2 aliphatic rings. The first-order chi connectivity index (χ1) is 18.9. The van der Waals surface area contributed by atoms with Crippen LogP contribution in [0.5, 0.6) is 0 Å². The van der Waals surface area contributed by atoms with E-state index in [1.54, 1.807) is 34.2 Å². The van der Waals surface area contributed by atoms with Crippen LogP contribution in [-0.4, -0.2) is 21.1 Å². The number of para-hydroxylation sites is 1. The summed E-state index contributed by atoms with van der Waals surface area (Å²) < 4.78 is -1.11. The van der Waals surface area contributed by atoms with Crippen molar-refractivity contribution in [1.29, 1.82) is 0 Å². The van der Waals surface area contributed by atoms with Gasteiger partial charge < -0.3 is 0 Å². The van der Waals surface area contributed by atoms with Gasteiger partial charge in [0.1, 0.15) is 0 Å². The van der Waals surface area contributed by atoms with E-state index in [1.165, 1.54) is 23.5 Å². The summed E-state index contributed by atoms with van der Waals surface area (Å²) >= 11 is 8.86. The van der Waals surface area contributed by atoms with E-state index in [9.17, 15) is 9.59 Å². The Kier molecular flexibility index (Phi) is 6.81. The van der Waals surface area contributed by atoms with Gasteiger partial charge in [-0.3, -0.25) is 14.5 Å². The SMILES string of the molecule is Cc1ccc(/C=C2\S[C@]3(SC(C(=O)c4ccccc4)=NN3c3ccc(Cl)cc3)N(c3ccccc3)C2=O)cc1. The van der Waals surface area contributed by atoms with Crippen LogP contribution >= 0.6 is 35.1 Å². The zero-order valence-corrected chi connectivity index (χ0v) is 23.2. The number of ketones is 1. The summed E-state index contributed by atoms with van der Waals surface area (Å²) in [6.07, 6.45) is 1.90. The smallest absolute Gasteiger partial charge is 0.268 e. The summed E-state index contributed by atoms with van der Waals surface area (Å²) in [4.78, 5) is 30.1. The Morgan fingerprint density at radius 3 is 2.13 bits per heavy atom. The molecule has 0 radical (unpaired) electrons. The van der Waals surface area contributed by atoms with E-state index in [4.69, 9.17) is 16.7 Å². The molecule has 2 heterocycles. The molecule has 1 fully saturated rings. The van der Waals surface area contributed by atoms with Crippen LogP contribution in [0.1, 0.15) is 21.5 Å². The third-order valence-corrected chi connectivity index (χ3v) is 9.29. The van der Waals surface area contributed by atoms with Crippen LogP contribution in [0.2, 0.25) is 5.02 Å². The number of nitrogens with zero attached hydrogens (tertiary/aromatic N) is 3. The van der Waals surface area contributed by atoms with Crippen molar-refractivity contribution >= 4 is 69.3 Å². The molecule has 8 heteroatoms. The number of hydrazone groups is 1. The van der Waals surface area contributed by atoms with Gasteiger partial charge in [0, 0.05) is 16.3 Å². The highest BCUT2D eigenvalue weighted by Crippen LogP contribution is 2.59. The van der Waals surface area contributed by atoms with E-state index in [1.807, 2.05) is 97.9 Å². The molecule has 0 bridgehead atoms. The van der Waals surface area contributed by atoms with Crippen LogP contribution in [0.4, 0.5) is 11.4 Å². The average Bonchev–Trinajstić information content (AvgIpc) is 3.47. The number of amides is 1. The second-order valence-electron chi connectivity index (χ2n) is 9.04. The fraction of sp³-hybridized carbons (Fsp3) is 0.0645. The molecule has 1 amide bonds. The maximum absolute atomic E-state index is 14.2. The standard InChI is InChI=1S/C31H22ClN3O2S2/c1-21-12-14-22(15-13-21)20-27-30(37)34(25-10-6-3-7-11-25)31(38-27)35(26-18-16-24(32)17-19-26)33-29(39-31)28(36)23-8-4-2-5-9-23/h2-20H,1H3/b27-20-/t31-/m0/s1. The predicted octanol–water partition coefficient (Wildman–Crippen LogP) is 7.83. The summed E-state index contributed by atoms with van der Waals surface area (Å²) in [6, 6.07) is 33.8. The summed E-state index contributed by atoms with van der Waals surface area (Å²) in [6.45, 7) is 2.03. The van der Waals surface area contributed by atoms with Gasteiger partial charge in [-0.05, 0) is 66.7 Å². The van der Waals surface area contributed by atoms with Crippen molar-refractivity contribution in [2.75, 3.05) is 9.91 Å². The molecule has 1 saturated heterocycles. The number of rotatable bonds is 5. The molecule has 0 aliphatic carbocycles. The molecule has 39 heavy (non-hydrogen) atoms. The second kappa shape index (κ2) is 10.4. The van der Waals surface area contributed by atoms with Gasteiger partial charge >= 0.3 is 0 Å². The Hall–Kier alpha value is -3.78. The minimum Gasteiger partial charge on any atom is -0.286 e. The van der Waals surface area contributed by atoms with E-state index in [-0.39, 0.29) is 11.7 Å². The predicted molar refractivity (Wildman–Crippen MR) is 163 cm³/mol. The Morgan fingerprint density at radius 2 is 1.46 bits per heavy atom. The van der Waals surface area contributed by atoms with Crippen molar-refractivity contribution in [3.63, 3.8) is 0 Å². The van der Waals surface area contributed by atoms with E-state index in [0.717, 1.165) is 11.1 Å². The third-order valence-electron chi connectivity index (χ3n) is 6.32. The molecule has 5 nitrogen and oxygen atoms in total. The summed E-state index contributed by atoms with van der Waals surface area (Å²) in [5.74, 6) is -0.365. The van der Waals surface area contributed by atoms with E-state index in [2.05, 4.69) is 0 Å². The summed E-state index contributed by atoms with van der Waals surface area (Å²) in [5.41, 5.74) is 4.01. The first-order valence-corrected chi connectivity index (χ1v) is 14.3. The molecular formula is C31H22ClN3O2S2. The van der Waals surface area contributed by atoms with Crippen LogP contribution in [0.3, 0.4) is 0 Å². The van der Waals surface area contributed by atoms with Gasteiger partial charge in [-0.15, -0.1) is 0 Å². The average molecular weight is 568 g/mol. The lowest BCUT2D eigenvalue weighted by Crippen LogP contribution is -2.51. The van der Waals surface area contributed by atoms with Gasteiger partial charge in [-0.25, -0.2) is 5.01 Å². The van der Waals surface area contributed by atoms with Gasteiger partial charge in [0.05, 0.1) is 10.6 Å². The van der Waals surface area contributed by atoms with E-state index >= 15 is 0 Å². The quantitative estimate of drug-likeness (QED) is 0.182. The lowest BCUT2D eigenvalue weighted by atomic mass is 10.1. The number of aryl methyl sites for hydroxylation is 1. The van der Waals surface area contributed by atoms with Gasteiger partial charge in [0.2, 0.25) is 10.1 Å².